The number of hydrogen-bond donors (Lipinski definition) is 1. The van der Waals surface area contributed by atoms with E-state index in [9.17, 15) is 9.90 Å². The van der Waals surface area contributed by atoms with E-state index < -0.39 is 6.09 Å². The molecule has 19 heavy (non-hydrogen) atoms. The molecule has 0 bridgehead atoms. The molecule has 0 fully saturated rings. The normalized spacial score (nSPS) is 16.0. The molecule has 0 aliphatic carbocycles. The number of rotatable bonds is 7. The molecule has 3 nitrogen and oxygen atoms in total. The second-order valence-corrected chi connectivity index (χ2v) is 6.56. The molecule has 0 heterocycles. The van der Waals surface area contributed by atoms with Crippen molar-refractivity contribution < 1.29 is 9.90 Å². The van der Waals surface area contributed by atoms with Crippen LogP contribution in [0.4, 0.5) is 4.79 Å². The molecule has 0 aliphatic rings. The summed E-state index contributed by atoms with van der Waals surface area (Å²) in [4.78, 5) is 13.3. The van der Waals surface area contributed by atoms with Gasteiger partial charge in [-0.15, -0.1) is 0 Å². The van der Waals surface area contributed by atoms with Crippen LogP contribution in [0.15, 0.2) is 0 Å². The molecule has 0 aromatic carbocycles. The lowest BCUT2D eigenvalue weighted by Crippen LogP contribution is -2.66. The minimum absolute atomic E-state index is 0.0194. The Hall–Kier alpha value is -0.730. The minimum Gasteiger partial charge on any atom is -0.465 e. The zero-order valence-corrected chi connectivity index (χ0v) is 14.1. The molecular formula is C16H33NO2. The van der Waals surface area contributed by atoms with Crippen LogP contribution in [0.1, 0.15) is 74.1 Å². The van der Waals surface area contributed by atoms with Crippen LogP contribution in [-0.4, -0.2) is 28.7 Å². The van der Waals surface area contributed by atoms with Crippen molar-refractivity contribution in [1.82, 2.24) is 4.90 Å². The fourth-order valence-corrected chi connectivity index (χ4v) is 4.11. The van der Waals surface area contributed by atoms with Gasteiger partial charge in [-0.05, 0) is 36.5 Å². The molecule has 0 radical (unpaired) electrons. The summed E-state index contributed by atoms with van der Waals surface area (Å²) in [6.45, 7) is 15.3. The summed E-state index contributed by atoms with van der Waals surface area (Å²) >= 11 is 0. The molecule has 0 aromatic heterocycles. The first-order chi connectivity index (χ1) is 8.60. The zero-order valence-electron chi connectivity index (χ0n) is 14.1. The topological polar surface area (TPSA) is 40.5 Å². The summed E-state index contributed by atoms with van der Waals surface area (Å²) in [6, 6.07) is 0. The van der Waals surface area contributed by atoms with Crippen molar-refractivity contribution in [1.29, 1.82) is 0 Å². The van der Waals surface area contributed by atoms with Gasteiger partial charge in [0.2, 0.25) is 0 Å². The maximum absolute atomic E-state index is 11.7. The molecule has 0 saturated heterocycles. The van der Waals surface area contributed by atoms with Gasteiger partial charge >= 0.3 is 6.09 Å². The summed E-state index contributed by atoms with van der Waals surface area (Å²) in [5.41, 5.74) is -0.422. The number of carbonyl (C=O) groups is 1. The van der Waals surface area contributed by atoms with Crippen LogP contribution in [-0.2, 0) is 0 Å². The molecule has 1 unspecified atom stereocenters. The van der Waals surface area contributed by atoms with E-state index in [-0.39, 0.29) is 16.4 Å². The molecule has 1 atom stereocenters. The Morgan fingerprint density at radius 1 is 0.947 bits per heavy atom. The highest BCUT2D eigenvalue weighted by Gasteiger charge is 2.57. The van der Waals surface area contributed by atoms with E-state index in [2.05, 4.69) is 48.5 Å². The Kier molecular flexibility index (Phi) is 5.91. The van der Waals surface area contributed by atoms with Crippen LogP contribution in [0.3, 0.4) is 0 Å². The third-order valence-corrected chi connectivity index (χ3v) is 5.93. The van der Waals surface area contributed by atoms with E-state index in [4.69, 9.17) is 0 Å². The Balaban J connectivity index is 6.19. The van der Waals surface area contributed by atoms with Gasteiger partial charge in [0, 0.05) is 7.05 Å². The van der Waals surface area contributed by atoms with Gasteiger partial charge in [-0.1, -0.05) is 48.5 Å². The highest BCUT2D eigenvalue weighted by atomic mass is 16.4. The highest BCUT2D eigenvalue weighted by Crippen LogP contribution is 2.55. The predicted molar refractivity (Wildman–Crippen MR) is 81.6 cm³/mol. The summed E-state index contributed by atoms with van der Waals surface area (Å²) in [5.74, 6) is 0. The Labute approximate surface area is 119 Å². The third kappa shape index (κ3) is 2.61. The van der Waals surface area contributed by atoms with Gasteiger partial charge in [-0.25, -0.2) is 4.79 Å². The quantitative estimate of drug-likeness (QED) is 0.707. The first-order valence-corrected chi connectivity index (χ1v) is 7.56. The molecule has 0 aliphatic heterocycles. The van der Waals surface area contributed by atoms with Crippen molar-refractivity contribution >= 4 is 6.09 Å². The average Bonchev–Trinajstić information content (AvgIpc) is 2.38. The van der Waals surface area contributed by atoms with E-state index >= 15 is 0 Å². The van der Waals surface area contributed by atoms with E-state index in [0.29, 0.717) is 0 Å². The molecule has 0 spiro atoms. The van der Waals surface area contributed by atoms with E-state index in [0.717, 1.165) is 25.7 Å². The van der Waals surface area contributed by atoms with Gasteiger partial charge in [0.1, 0.15) is 0 Å². The number of amides is 1. The third-order valence-electron chi connectivity index (χ3n) is 5.93. The lowest BCUT2D eigenvalue weighted by atomic mass is 9.53. The maximum Gasteiger partial charge on any atom is 0.407 e. The van der Waals surface area contributed by atoms with Crippen molar-refractivity contribution in [2.24, 2.45) is 10.8 Å². The van der Waals surface area contributed by atoms with Gasteiger partial charge in [0.25, 0.3) is 0 Å². The van der Waals surface area contributed by atoms with E-state index in [1.54, 1.807) is 11.9 Å². The Morgan fingerprint density at radius 3 is 1.58 bits per heavy atom. The molecule has 1 N–H and O–H groups in total. The Morgan fingerprint density at radius 2 is 1.37 bits per heavy atom. The van der Waals surface area contributed by atoms with Crippen LogP contribution in [0.2, 0.25) is 0 Å². The van der Waals surface area contributed by atoms with Crippen LogP contribution in [0, 0.1) is 10.8 Å². The smallest absolute Gasteiger partial charge is 0.407 e. The predicted octanol–water partition coefficient (Wildman–Crippen LogP) is 5.01. The van der Waals surface area contributed by atoms with Gasteiger partial charge in [0.05, 0.1) is 5.54 Å². The lowest BCUT2D eigenvalue weighted by molar-refractivity contribution is -0.0935. The second-order valence-electron chi connectivity index (χ2n) is 6.56. The van der Waals surface area contributed by atoms with Crippen LogP contribution in [0.5, 0.6) is 0 Å². The van der Waals surface area contributed by atoms with Gasteiger partial charge < -0.3 is 10.0 Å². The molecule has 0 saturated carbocycles. The Bertz CT molecular complexity index is 308. The van der Waals surface area contributed by atoms with Crippen LogP contribution >= 0.6 is 0 Å². The summed E-state index contributed by atoms with van der Waals surface area (Å²) in [6.07, 6.45) is 2.95. The molecule has 1 amide bonds. The first kappa shape index (κ1) is 18.3. The average molecular weight is 271 g/mol. The van der Waals surface area contributed by atoms with Crippen molar-refractivity contribution in [3.05, 3.63) is 0 Å². The van der Waals surface area contributed by atoms with Crippen LogP contribution in [0.25, 0.3) is 0 Å². The molecule has 3 heteroatoms. The molecule has 0 rings (SSSR count). The summed E-state index contributed by atoms with van der Waals surface area (Å²) in [5, 5.41) is 9.59. The van der Waals surface area contributed by atoms with E-state index in [1.807, 2.05) is 0 Å². The van der Waals surface area contributed by atoms with Crippen LogP contribution < -0.4 is 0 Å². The standard InChI is InChI=1S/C16H33NO2/c1-9-14(5,6)16(12-4,17(8)13(18)19)15(7,10-2)11-3/h9-12H2,1-8H3,(H,18,19). The molecule has 114 valence electrons. The van der Waals surface area contributed by atoms with Gasteiger partial charge in [0.15, 0.2) is 0 Å². The fourth-order valence-electron chi connectivity index (χ4n) is 4.11. The molecular weight excluding hydrogens is 238 g/mol. The summed E-state index contributed by atoms with van der Waals surface area (Å²) in [7, 11) is 1.74. The SMILES string of the molecule is CCC(C)(C)C(CC)(N(C)C(=O)O)C(C)(CC)CC. The van der Waals surface area contributed by atoms with Crippen molar-refractivity contribution in [3.63, 3.8) is 0 Å². The number of nitrogens with zero attached hydrogens (tertiary/aromatic N) is 1. The maximum atomic E-state index is 11.7. The zero-order chi connectivity index (χ0) is 15.5. The lowest BCUT2D eigenvalue weighted by Gasteiger charge is -2.60. The van der Waals surface area contributed by atoms with Crippen molar-refractivity contribution in [3.8, 4) is 0 Å². The monoisotopic (exact) mass is 271 g/mol. The van der Waals surface area contributed by atoms with Gasteiger partial charge in [-0.2, -0.15) is 0 Å². The van der Waals surface area contributed by atoms with Crippen molar-refractivity contribution in [2.75, 3.05) is 7.05 Å². The highest BCUT2D eigenvalue weighted by molar-refractivity contribution is 5.66. The molecule has 0 aromatic rings. The second kappa shape index (κ2) is 6.15. The minimum atomic E-state index is -0.823. The largest absolute Gasteiger partial charge is 0.465 e. The van der Waals surface area contributed by atoms with Crippen molar-refractivity contribution in [2.45, 2.75) is 79.7 Å². The first-order valence-electron chi connectivity index (χ1n) is 7.56. The van der Waals surface area contributed by atoms with E-state index in [1.165, 1.54) is 0 Å². The number of carboxylic acid groups (broad SMARTS) is 1. The fraction of sp³-hybridized carbons (Fsp3) is 0.938. The number of hydrogen-bond acceptors (Lipinski definition) is 1. The van der Waals surface area contributed by atoms with Gasteiger partial charge in [-0.3, -0.25) is 0 Å². The summed E-state index contributed by atoms with van der Waals surface area (Å²) < 4.78 is 0.